The van der Waals surface area contributed by atoms with Crippen molar-refractivity contribution in [2.75, 3.05) is 7.11 Å². The Labute approximate surface area is 236 Å². The summed E-state index contributed by atoms with van der Waals surface area (Å²) in [5.74, 6) is 0.926. The number of methoxy groups -OCH3 is 1. The fourth-order valence-corrected chi connectivity index (χ4v) is 2.55. The summed E-state index contributed by atoms with van der Waals surface area (Å²) >= 11 is 0. The summed E-state index contributed by atoms with van der Waals surface area (Å²) in [6.07, 6.45) is 0. The normalized spacial score (nSPS) is 8.13. The highest BCUT2D eigenvalue weighted by Crippen LogP contribution is 2.10. The second-order valence-electron chi connectivity index (χ2n) is 7.98. The van der Waals surface area contributed by atoms with Gasteiger partial charge in [-0.15, -0.1) is 0 Å². The smallest absolute Gasteiger partial charge is 0.119 e. The van der Waals surface area contributed by atoms with E-state index >= 15 is 0 Å². The molecule has 0 N–H and O–H groups in total. The van der Waals surface area contributed by atoms with Crippen LogP contribution in [0.4, 0.5) is 0 Å². The highest BCUT2D eigenvalue weighted by atomic mass is 16.5. The molecule has 0 aliphatic carbocycles. The highest BCUT2D eigenvalue weighted by molar-refractivity contribution is 5.27. The van der Waals surface area contributed by atoms with E-state index in [0.29, 0.717) is 0 Å². The van der Waals surface area contributed by atoms with Crippen LogP contribution in [0.3, 0.4) is 0 Å². The average Bonchev–Trinajstić information content (AvgIpc) is 2.97. The molecule has 38 heavy (non-hydrogen) atoms. The molecule has 0 unspecified atom stereocenters. The lowest BCUT2D eigenvalue weighted by Crippen LogP contribution is -1.81. The van der Waals surface area contributed by atoms with Gasteiger partial charge in [0.05, 0.1) is 7.11 Å². The molecule has 210 valence electrons. The van der Waals surface area contributed by atoms with Gasteiger partial charge in [0, 0.05) is 0 Å². The zero-order chi connectivity index (χ0) is 29.8. The molecule has 0 saturated carbocycles. The van der Waals surface area contributed by atoms with E-state index in [1.807, 2.05) is 90.9 Å². The van der Waals surface area contributed by atoms with Crippen LogP contribution >= 0.6 is 0 Å². The molecule has 0 radical (unpaired) electrons. The van der Waals surface area contributed by atoms with Gasteiger partial charge in [0.25, 0.3) is 0 Å². The van der Waals surface area contributed by atoms with Gasteiger partial charge in [-0.3, -0.25) is 0 Å². The Bertz CT molecular complexity index is 899. The second kappa shape index (κ2) is 28.3. The van der Waals surface area contributed by atoms with Gasteiger partial charge in [0.15, 0.2) is 0 Å². The SMILES string of the molecule is CC.CC.CC.COc1cccc(C)c1.Cc1ccc(C)cc1.Cc1ccc(C)cc1.Cc1ccccc1. The maximum Gasteiger partial charge on any atom is 0.119 e. The number of aryl methyl sites for hydroxylation is 6. The number of rotatable bonds is 1. The molecule has 0 fully saturated rings. The minimum absolute atomic E-state index is 0.926. The first kappa shape index (κ1) is 39.2. The predicted octanol–water partition coefficient (Wildman–Crippen LogP) is 11.7. The van der Waals surface area contributed by atoms with Gasteiger partial charge >= 0.3 is 0 Å². The topological polar surface area (TPSA) is 9.23 Å². The third kappa shape index (κ3) is 24.4. The molecule has 0 heterocycles. The fraction of sp³-hybridized carbons (Fsp3) is 0.351. The van der Waals surface area contributed by atoms with Crippen molar-refractivity contribution >= 4 is 0 Å². The van der Waals surface area contributed by atoms with Crippen LogP contribution in [0.2, 0.25) is 0 Å². The van der Waals surface area contributed by atoms with Crippen molar-refractivity contribution in [1.29, 1.82) is 0 Å². The van der Waals surface area contributed by atoms with E-state index in [-0.39, 0.29) is 0 Å². The van der Waals surface area contributed by atoms with Crippen LogP contribution in [0.1, 0.15) is 74.9 Å². The van der Waals surface area contributed by atoms with Gasteiger partial charge in [-0.25, -0.2) is 0 Å². The number of hydrogen-bond donors (Lipinski definition) is 0. The fourth-order valence-electron chi connectivity index (χ4n) is 2.55. The molecule has 1 nitrogen and oxygen atoms in total. The molecule has 4 aromatic rings. The Balaban J connectivity index is -0.000000403. The maximum absolute atomic E-state index is 5.00. The number of hydrogen-bond acceptors (Lipinski definition) is 1. The summed E-state index contributed by atoms with van der Waals surface area (Å²) in [6, 6.07) is 35.2. The molecule has 0 aromatic heterocycles. The summed E-state index contributed by atoms with van der Waals surface area (Å²) in [5, 5.41) is 0. The van der Waals surface area contributed by atoms with Gasteiger partial charge in [0.1, 0.15) is 5.75 Å². The van der Waals surface area contributed by atoms with Gasteiger partial charge in [0.2, 0.25) is 0 Å². The molecule has 0 saturated heterocycles. The molecule has 0 spiro atoms. The van der Waals surface area contributed by atoms with Crippen molar-refractivity contribution in [1.82, 2.24) is 0 Å². The lowest BCUT2D eigenvalue weighted by atomic mass is 10.2. The van der Waals surface area contributed by atoms with Crippen LogP contribution in [-0.2, 0) is 0 Å². The van der Waals surface area contributed by atoms with Crippen LogP contribution < -0.4 is 4.74 Å². The first-order valence-electron chi connectivity index (χ1n) is 14.0. The molecule has 0 bridgehead atoms. The van der Waals surface area contributed by atoms with Crippen molar-refractivity contribution in [2.24, 2.45) is 0 Å². The molecule has 0 atom stereocenters. The molecule has 4 aromatic carbocycles. The zero-order valence-electron chi connectivity index (χ0n) is 26.7. The van der Waals surface area contributed by atoms with Gasteiger partial charge in [-0.1, -0.05) is 160 Å². The Kier molecular flexibility index (Phi) is 29.1. The Morgan fingerprint density at radius 3 is 0.842 bits per heavy atom. The van der Waals surface area contributed by atoms with Crippen molar-refractivity contribution in [3.8, 4) is 5.75 Å². The number of ether oxygens (including phenoxy) is 1. The first-order chi connectivity index (χ1) is 18.3. The van der Waals surface area contributed by atoms with Crippen LogP contribution in [0, 0.1) is 41.5 Å². The molecular formula is C37H56O. The average molecular weight is 517 g/mol. The monoisotopic (exact) mass is 516 g/mol. The van der Waals surface area contributed by atoms with Crippen LogP contribution in [-0.4, -0.2) is 7.11 Å². The van der Waals surface area contributed by atoms with E-state index in [2.05, 4.69) is 95.3 Å². The Morgan fingerprint density at radius 2 is 0.632 bits per heavy atom. The molecule has 0 aliphatic heterocycles. The van der Waals surface area contributed by atoms with E-state index in [0.717, 1.165) is 5.75 Å². The Morgan fingerprint density at radius 1 is 0.342 bits per heavy atom. The number of benzene rings is 4. The molecule has 4 rings (SSSR count). The summed E-state index contributed by atoms with van der Waals surface area (Å²) in [5.41, 5.74) is 7.87. The summed E-state index contributed by atoms with van der Waals surface area (Å²) in [7, 11) is 1.68. The lowest BCUT2D eigenvalue weighted by Gasteiger charge is -1.97. The zero-order valence-corrected chi connectivity index (χ0v) is 26.7. The van der Waals surface area contributed by atoms with Crippen LogP contribution in [0.5, 0.6) is 5.75 Å². The summed E-state index contributed by atoms with van der Waals surface area (Å²) < 4.78 is 5.00. The minimum atomic E-state index is 0.926. The van der Waals surface area contributed by atoms with Crippen molar-refractivity contribution < 1.29 is 4.74 Å². The van der Waals surface area contributed by atoms with Gasteiger partial charge < -0.3 is 4.74 Å². The highest BCUT2D eigenvalue weighted by Gasteiger charge is 1.86. The van der Waals surface area contributed by atoms with Crippen molar-refractivity contribution in [3.05, 3.63) is 137 Å². The van der Waals surface area contributed by atoms with E-state index in [9.17, 15) is 0 Å². The third-order valence-corrected chi connectivity index (χ3v) is 4.60. The standard InChI is InChI=1S/C8H10O.2C8H10.C7H8.3C2H6/c1-7-4-3-5-8(6-7)9-2;2*1-7-3-5-8(2)6-4-7;1-7-5-3-2-4-6-7;3*1-2/h3-6H,1-2H3;2*3-6H,1-2H3;2-6H,1H3;3*1-2H3. The molecule has 1 heteroatoms. The lowest BCUT2D eigenvalue weighted by molar-refractivity contribution is 0.414. The largest absolute Gasteiger partial charge is 0.497 e. The molecular weight excluding hydrogens is 460 g/mol. The Hall–Kier alpha value is -3.32. The quantitative estimate of drug-likeness (QED) is 0.244. The van der Waals surface area contributed by atoms with Crippen molar-refractivity contribution in [3.63, 3.8) is 0 Å². The minimum Gasteiger partial charge on any atom is -0.497 e. The maximum atomic E-state index is 5.00. The van der Waals surface area contributed by atoms with E-state index in [1.165, 1.54) is 33.4 Å². The second-order valence-corrected chi connectivity index (χ2v) is 7.98. The third-order valence-electron chi connectivity index (χ3n) is 4.60. The van der Waals surface area contributed by atoms with Crippen LogP contribution in [0.15, 0.2) is 103 Å². The van der Waals surface area contributed by atoms with E-state index in [4.69, 9.17) is 4.74 Å². The van der Waals surface area contributed by atoms with E-state index in [1.54, 1.807) is 7.11 Å². The van der Waals surface area contributed by atoms with Gasteiger partial charge in [-0.05, 0) is 59.2 Å². The van der Waals surface area contributed by atoms with Crippen LogP contribution in [0.25, 0.3) is 0 Å². The molecule has 0 aliphatic rings. The first-order valence-corrected chi connectivity index (χ1v) is 14.0. The van der Waals surface area contributed by atoms with Crippen molar-refractivity contribution in [2.45, 2.75) is 83.1 Å². The van der Waals surface area contributed by atoms with Gasteiger partial charge in [-0.2, -0.15) is 0 Å². The van der Waals surface area contributed by atoms with E-state index < -0.39 is 0 Å². The summed E-state index contributed by atoms with van der Waals surface area (Å²) in [4.78, 5) is 0. The predicted molar refractivity (Wildman–Crippen MR) is 175 cm³/mol. The molecule has 0 amide bonds. The summed E-state index contributed by atoms with van der Waals surface area (Å²) in [6.45, 7) is 24.5.